The molecular weight excluding hydrogens is 284 g/mol. The molecular formula is C16H16FN3S. The van der Waals surface area contributed by atoms with E-state index in [1.54, 1.807) is 6.07 Å². The van der Waals surface area contributed by atoms with Crippen molar-refractivity contribution in [3.05, 3.63) is 53.3 Å². The van der Waals surface area contributed by atoms with Crippen LogP contribution in [0.5, 0.6) is 0 Å². The van der Waals surface area contributed by atoms with E-state index in [1.807, 2.05) is 49.3 Å². The zero-order valence-corrected chi connectivity index (χ0v) is 12.7. The number of benzene rings is 2. The summed E-state index contributed by atoms with van der Waals surface area (Å²) in [7, 11) is 3.84. The molecule has 2 rings (SSSR count). The Balaban J connectivity index is 2.45. The summed E-state index contributed by atoms with van der Waals surface area (Å²) in [5.41, 5.74) is 7.51. The van der Waals surface area contributed by atoms with E-state index in [-0.39, 0.29) is 5.56 Å². The molecule has 0 bridgehead atoms. The second-order valence-corrected chi connectivity index (χ2v) is 6.01. The van der Waals surface area contributed by atoms with Gasteiger partial charge in [0.1, 0.15) is 11.9 Å². The van der Waals surface area contributed by atoms with E-state index in [2.05, 4.69) is 0 Å². The van der Waals surface area contributed by atoms with Crippen molar-refractivity contribution in [1.29, 1.82) is 5.26 Å². The Kier molecular flexibility index (Phi) is 4.84. The van der Waals surface area contributed by atoms with E-state index in [1.165, 1.54) is 17.8 Å². The minimum Gasteiger partial charge on any atom is -0.398 e. The highest BCUT2D eigenvalue weighted by Gasteiger charge is 2.13. The molecule has 0 unspecified atom stereocenters. The fraction of sp³-hybridized carbons (Fsp3) is 0.188. The molecule has 0 radical (unpaired) electrons. The molecule has 0 spiro atoms. The maximum absolute atomic E-state index is 13.8. The van der Waals surface area contributed by atoms with E-state index in [0.29, 0.717) is 12.2 Å². The number of hydrogen-bond donors (Lipinski definition) is 1. The Hall–Kier alpha value is -2.03. The van der Waals surface area contributed by atoms with Gasteiger partial charge in [0.2, 0.25) is 0 Å². The first-order valence-corrected chi connectivity index (χ1v) is 7.22. The van der Waals surface area contributed by atoms with E-state index in [9.17, 15) is 4.39 Å². The Morgan fingerprint density at radius 3 is 2.57 bits per heavy atom. The minimum atomic E-state index is -0.486. The lowest BCUT2D eigenvalue weighted by Crippen LogP contribution is -2.12. The summed E-state index contributed by atoms with van der Waals surface area (Å²) in [5, 5.41) is 9.00. The molecule has 3 nitrogen and oxygen atoms in total. The monoisotopic (exact) mass is 300 g/mol. The fourth-order valence-electron chi connectivity index (χ4n) is 1.93. The number of hydrogen-bond acceptors (Lipinski definition) is 4. The molecule has 2 N–H and O–H groups in total. The summed E-state index contributed by atoms with van der Waals surface area (Å²) in [4.78, 5) is 3.70. The first kappa shape index (κ1) is 15.4. The van der Waals surface area contributed by atoms with Gasteiger partial charge < -0.3 is 10.6 Å². The van der Waals surface area contributed by atoms with Gasteiger partial charge in [-0.2, -0.15) is 5.26 Å². The molecule has 0 atom stereocenters. The van der Waals surface area contributed by atoms with Crippen molar-refractivity contribution in [2.45, 2.75) is 16.3 Å². The van der Waals surface area contributed by atoms with Gasteiger partial charge in [0.05, 0.1) is 5.56 Å². The predicted molar refractivity (Wildman–Crippen MR) is 83.5 cm³/mol. The summed E-state index contributed by atoms with van der Waals surface area (Å²) in [6.07, 6.45) is 0. The van der Waals surface area contributed by atoms with Gasteiger partial charge in [-0.15, -0.1) is 0 Å². The molecule has 0 heterocycles. The SMILES string of the molecule is CN(C)Cc1cc([18F])c(C#N)cc1Sc1ccccc1N. The van der Waals surface area contributed by atoms with Crippen molar-refractivity contribution in [3.63, 3.8) is 0 Å². The molecule has 0 fully saturated rings. The van der Waals surface area contributed by atoms with Gasteiger partial charge in [0.25, 0.3) is 0 Å². The highest BCUT2D eigenvalue weighted by molar-refractivity contribution is 7.99. The third-order valence-electron chi connectivity index (χ3n) is 2.90. The van der Waals surface area contributed by atoms with E-state index in [4.69, 9.17) is 11.0 Å². The molecule has 2 aromatic carbocycles. The highest BCUT2D eigenvalue weighted by Crippen LogP contribution is 2.35. The standard InChI is InChI=1S/C16H16FN3S/c1-20(2)10-12-7-13(17)11(9-18)8-16(12)21-15-6-4-3-5-14(15)19/h3-8H,10,19H2,1-2H3/i17-1. The normalized spacial score (nSPS) is 10.6. The molecule has 21 heavy (non-hydrogen) atoms. The van der Waals surface area contributed by atoms with Crippen molar-refractivity contribution in [2.24, 2.45) is 0 Å². The second-order valence-electron chi connectivity index (χ2n) is 4.93. The molecule has 108 valence electrons. The number of nitriles is 1. The van der Waals surface area contributed by atoms with Gasteiger partial charge in [-0.05, 0) is 43.9 Å². The number of para-hydroxylation sites is 1. The first-order chi connectivity index (χ1) is 10.0. The number of rotatable bonds is 4. The summed E-state index contributed by atoms with van der Waals surface area (Å²) >= 11 is 1.45. The zero-order valence-electron chi connectivity index (χ0n) is 11.9. The minimum absolute atomic E-state index is 0.0505. The third kappa shape index (κ3) is 3.75. The number of nitrogen functional groups attached to an aromatic ring is 1. The molecule has 0 aliphatic carbocycles. The molecule has 5 heteroatoms. The van der Waals surface area contributed by atoms with Crippen molar-refractivity contribution < 1.29 is 4.39 Å². The largest absolute Gasteiger partial charge is 0.398 e. The van der Waals surface area contributed by atoms with Crippen LogP contribution < -0.4 is 5.73 Å². The van der Waals surface area contributed by atoms with Gasteiger partial charge in [-0.1, -0.05) is 23.9 Å². The number of halogens is 1. The van der Waals surface area contributed by atoms with Crippen LogP contribution >= 0.6 is 11.8 Å². The smallest absolute Gasteiger partial charge is 0.141 e. The van der Waals surface area contributed by atoms with E-state index >= 15 is 0 Å². The highest BCUT2D eigenvalue weighted by atomic mass is 32.2. The van der Waals surface area contributed by atoms with Gasteiger partial charge in [0, 0.05) is 22.0 Å². The maximum Gasteiger partial charge on any atom is 0.141 e. The van der Waals surface area contributed by atoms with Crippen molar-refractivity contribution in [2.75, 3.05) is 19.8 Å². The molecule has 0 aromatic heterocycles. The van der Waals surface area contributed by atoms with Crippen LogP contribution in [0.4, 0.5) is 10.1 Å². The van der Waals surface area contributed by atoms with E-state index < -0.39 is 5.82 Å². The summed E-state index contributed by atoms with van der Waals surface area (Å²) in [5.74, 6) is -0.486. The summed E-state index contributed by atoms with van der Waals surface area (Å²) < 4.78 is 13.8. The van der Waals surface area contributed by atoms with Crippen LogP contribution in [0.25, 0.3) is 0 Å². The third-order valence-corrected chi connectivity index (χ3v) is 4.09. The topological polar surface area (TPSA) is 53.0 Å². The summed E-state index contributed by atoms with van der Waals surface area (Å²) in [6, 6.07) is 12.4. The fourth-order valence-corrected chi connectivity index (χ4v) is 2.93. The van der Waals surface area contributed by atoms with Crippen LogP contribution in [0.1, 0.15) is 11.1 Å². The lowest BCUT2D eigenvalue weighted by Gasteiger charge is -2.15. The Bertz CT molecular complexity index is 692. The average Bonchev–Trinajstić information content (AvgIpc) is 2.43. The predicted octanol–water partition coefficient (Wildman–Crippen LogP) is 3.49. The van der Waals surface area contributed by atoms with Crippen LogP contribution in [0.2, 0.25) is 0 Å². The maximum atomic E-state index is 13.8. The second kappa shape index (κ2) is 6.61. The zero-order chi connectivity index (χ0) is 15.4. The molecule has 0 saturated carbocycles. The number of nitrogens with two attached hydrogens (primary N) is 1. The number of anilines is 1. The van der Waals surface area contributed by atoms with Crippen molar-refractivity contribution >= 4 is 17.4 Å². The van der Waals surface area contributed by atoms with Crippen molar-refractivity contribution in [3.8, 4) is 6.07 Å². The van der Waals surface area contributed by atoms with Crippen LogP contribution in [0.15, 0.2) is 46.2 Å². The molecule has 0 saturated heterocycles. The summed E-state index contributed by atoms with van der Waals surface area (Å²) in [6.45, 7) is 0.595. The number of nitrogens with zero attached hydrogens (tertiary/aromatic N) is 2. The average molecular weight is 300 g/mol. The Morgan fingerprint density at radius 1 is 1.24 bits per heavy atom. The van der Waals surface area contributed by atoms with Crippen LogP contribution in [0.3, 0.4) is 0 Å². The lowest BCUT2D eigenvalue weighted by molar-refractivity contribution is 0.398. The quantitative estimate of drug-likeness (QED) is 0.878. The van der Waals surface area contributed by atoms with Gasteiger partial charge in [-0.25, -0.2) is 4.39 Å². The first-order valence-electron chi connectivity index (χ1n) is 6.41. The lowest BCUT2D eigenvalue weighted by atomic mass is 10.1. The molecule has 2 aromatic rings. The molecule has 0 aliphatic heterocycles. The van der Waals surface area contributed by atoms with Crippen LogP contribution in [0, 0.1) is 17.1 Å². The van der Waals surface area contributed by atoms with Crippen LogP contribution in [-0.2, 0) is 6.54 Å². The molecule has 0 amide bonds. The Labute approximate surface area is 128 Å². The van der Waals surface area contributed by atoms with Crippen molar-refractivity contribution in [1.82, 2.24) is 4.90 Å². The van der Waals surface area contributed by atoms with Gasteiger partial charge >= 0.3 is 0 Å². The molecule has 0 aliphatic rings. The van der Waals surface area contributed by atoms with Gasteiger partial charge in [-0.3, -0.25) is 0 Å². The van der Waals surface area contributed by atoms with Crippen LogP contribution in [-0.4, -0.2) is 19.0 Å². The Morgan fingerprint density at radius 2 is 1.95 bits per heavy atom. The van der Waals surface area contributed by atoms with Gasteiger partial charge in [0.15, 0.2) is 0 Å². The van der Waals surface area contributed by atoms with E-state index in [0.717, 1.165) is 15.4 Å².